The third-order valence-corrected chi connectivity index (χ3v) is 2.73. The molecule has 1 aromatic carbocycles. The molecule has 0 radical (unpaired) electrons. The van der Waals surface area contributed by atoms with E-state index in [9.17, 15) is 5.11 Å². The van der Waals surface area contributed by atoms with Crippen LogP contribution in [0.2, 0.25) is 0 Å². The predicted molar refractivity (Wildman–Crippen MR) is 72.1 cm³/mol. The molecule has 18 heavy (non-hydrogen) atoms. The fourth-order valence-corrected chi connectivity index (χ4v) is 1.52. The molecule has 0 heterocycles. The highest BCUT2D eigenvalue weighted by Crippen LogP contribution is 2.07. The highest BCUT2D eigenvalue weighted by molar-refractivity contribution is 5.13. The van der Waals surface area contributed by atoms with E-state index in [1.165, 1.54) is 0 Å². The van der Waals surface area contributed by atoms with Gasteiger partial charge in [-0.3, -0.25) is 0 Å². The van der Waals surface area contributed by atoms with Gasteiger partial charge >= 0.3 is 0 Å². The minimum Gasteiger partial charge on any atom is -0.390 e. The van der Waals surface area contributed by atoms with Crippen LogP contribution in [-0.2, 0) is 16.1 Å². The number of aliphatic hydroxyl groups excluding tert-OH is 1. The van der Waals surface area contributed by atoms with E-state index in [1.54, 1.807) is 6.08 Å². The third-order valence-electron chi connectivity index (χ3n) is 2.73. The Hall–Kier alpha value is -1.16. The fraction of sp³-hybridized carbons (Fsp3) is 0.467. The Labute approximate surface area is 109 Å². The summed E-state index contributed by atoms with van der Waals surface area (Å²) in [5.74, 6) is 0. The standard InChI is InChI=1S/C15H22O3/c1-3-4-10-15(16)13(2)18-12-17-11-14-8-6-5-7-9-14/h3,5-9,13,15-16H,1,4,10-12H2,2H3/t13-,15?/m0/s1. The molecule has 0 bridgehead atoms. The van der Waals surface area contributed by atoms with Gasteiger partial charge in [-0.25, -0.2) is 0 Å². The van der Waals surface area contributed by atoms with E-state index < -0.39 is 6.10 Å². The van der Waals surface area contributed by atoms with Gasteiger partial charge in [-0.15, -0.1) is 6.58 Å². The Morgan fingerprint density at radius 3 is 2.72 bits per heavy atom. The Morgan fingerprint density at radius 1 is 1.33 bits per heavy atom. The van der Waals surface area contributed by atoms with E-state index in [1.807, 2.05) is 37.3 Å². The fourth-order valence-electron chi connectivity index (χ4n) is 1.52. The van der Waals surface area contributed by atoms with Crippen molar-refractivity contribution in [2.45, 2.75) is 38.6 Å². The van der Waals surface area contributed by atoms with Crippen LogP contribution in [0.1, 0.15) is 25.3 Å². The first-order valence-electron chi connectivity index (χ1n) is 6.26. The van der Waals surface area contributed by atoms with Crippen molar-refractivity contribution < 1.29 is 14.6 Å². The number of allylic oxidation sites excluding steroid dienone is 1. The first-order chi connectivity index (χ1) is 8.74. The summed E-state index contributed by atoms with van der Waals surface area (Å²) in [6.45, 7) is 6.19. The van der Waals surface area contributed by atoms with Gasteiger partial charge in [-0.2, -0.15) is 0 Å². The van der Waals surface area contributed by atoms with Crippen LogP contribution in [0.5, 0.6) is 0 Å². The van der Waals surface area contributed by atoms with Gasteiger partial charge in [-0.1, -0.05) is 36.4 Å². The molecule has 0 saturated carbocycles. The van der Waals surface area contributed by atoms with Crippen LogP contribution in [0, 0.1) is 0 Å². The lowest BCUT2D eigenvalue weighted by Crippen LogP contribution is -2.26. The maximum Gasteiger partial charge on any atom is 0.147 e. The topological polar surface area (TPSA) is 38.7 Å². The van der Waals surface area contributed by atoms with Gasteiger partial charge in [0.2, 0.25) is 0 Å². The molecule has 0 saturated heterocycles. The lowest BCUT2D eigenvalue weighted by Gasteiger charge is -2.18. The molecule has 1 aromatic rings. The summed E-state index contributed by atoms with van der Waals surface area (Å²) in [5, 5.41) is 9.74. The van der Waals surface area contributed by atoms with Crippen LogP contribution in [0.3, 0.4) is 0 Å². The SMILES string of the molecule is C=CCCC(O)[C@H](C)OCOCc1ccccc1. The lowest BCUT2D eigenvalue weighted by molar-refractivity contribution is -0.123. The Morgan fingerprint density at radius 2 is 2.06 bits per heavy atom. The summed E-state index contributed by atoms with van der Waals surface area (Å²) in [5.41, 5.74) is 1.11. The molecule has 100 valence electrons. The summed E-state index contributed by atoms with van der Waals surface area (Å²) in [6.07, 6.45) is 2.56. The normalized spacial score (nSPS) is 14.1. The second-order valence-corrected chi connectivity index (χ2v) is 4.26. The van der Waals surface area contributed by atoms with Crippen LogP contribution in [0.4, 0.5) is 0 Å². The molecule has 1 rings (SSSR count). The molecule has 1 unspecified atom stereocenters. The Balaban J connectivity index is 2.11. The second-order valence-electron chi connectivity index (χ2n) is 4.26. The minimum absolute atomic E-state index is 0.196. The van der Waals surface area contributed by atoms with Crippen molar-refractivity contribution in [2.24, 2.45) is 0 Å². The van der Waals surface area contributed by atoms with Crippen LogP contribution < -0.4 is 0 Å². The summed E-state index contributed by atoms with van der Waals surface area (Å²) in [7, 11) is 0. The van der Waals surface area contributed by atoms with Gasteiger partial charge < -0.3 is 14.6 Å². The molecular weight excluding hydrogens is 228 g/mol. The van der Waals surface area contributed by atoms with Crippen molar-refractivity contribution >= 4 is 0 Å². The molecule has 2 atom stereocenters. The molecule has 3 nitrogen and oxygen atoms in total. The number of rotatable bonds is 9. The first-order valence-corrected chi connectivity index (χ1v) is 6.26. The molecule has 0 fully saturated rings. The summed E-state index contributed by atoms with van der Waals surface area (Å²) >= 11 is 0. The van der Waals surface area contributed by atoms with Crippen LogP contribution >= 0.6 is 0 Å². The molecule has 1 N–H and O–H groups in total. The number of ether oxygens (including phenoxy) is 2. The van der Waals surface area contributed by atoms with E-state index in [4.69, 9.17) is 9.47 Å². The maximum atomic E-state index is 9.74. The minimum atomic E-state index is -0.469. The van der Waals surface area contributed by atoms with Crippen molar-refractivity contribution in [3.05, 3.63) is 48.6 Å². The number of hydrogen-bond acceptors (Lipinski definition) is 3. The average Bonchev–Trinajstić information content (AvgIpc) is 2.41. The van der Waals surface area contributed by atoms with Gasteiger partial charge in [0, 0.05) is 0 Å². The highest BCUT2D eigenvalue weighted by Gasteiger charge is 2.13. The molecular formula is C15H22O3. The number of aliphatic hydroxyl groups is 1. The third kappa shape index (κ3) is 5.96. The smallest absolute Gasteiger partial charge is 0.147 e. The zero-order valence-corrected chi connectivity index (χ0v) is 10.9. The summed E-state index contributed by atoms with van der Waals surface area (Å²) in [6, 6.07) is 9.92. The van der Waals surface area contributed by atoms with E-state index in [2.05, 4.69) is 6.58 Å². The van der Waals surface area contributed by atoms with E-state index in [0.717, 1.165) is 12.0 Å². The highest BCUT2D eigenvalue weighted by atomic mass is 16.7. The zero-order chi connectivity index (χ0) is 13.2. The molecule has 0 aliphatic rings. The molecule has 0 amide bonds. The van der Waals surface area contributed by atoms with Gasteiger partial charge in [0.15, 0.2) is 0 Å². The van der Waals surface area contributed by atoms with Gasteiger partial charge in [0.05, 0.1) is 18.8 Å². The summed E-state index contributed by atoms with van der Waals surface area (Å²) in [4.78, 5) is 0. The lowest BCUT2D eigenvalue weighted by atomic mass is 10.1. The molecule has 0 spiro atoms. The second kappa shape index (κ2) is 8.86. The summed E-state index contributed by atoms with van der Waals surface area (Å²) < 4.78 is 10.8. The molecule has 0 aromatic heterocycles. The average molecular weight is 250 g/mol. The van der Waals surface area contributed by atoms with Crippen molar-refractivity contribution in [3.63, 3.8) is 0 Å². The van der Waals surface area contributed by atoms with Crippen molar-refractivity contribution in [1.29, 1.82) is 0 Å². The zero-order valence-electron chi connectivity index (χ0n) is 10.9. The number of benzene rings is 1. The van der Waals surface area contributed by atoms with Crippen molar-refractivity contribution in [1.82, 2.24) is 0 Å². The van der Waals surface area contributed by atoms with Crippen LogP contribution in [0.15, 0.2) is 43.0 Å². The Bertz CT molecular complexity index is 324. The van der Waals surface area contributed by atoms with E-state index in [0.29, 0.717) is 13.0 Å². The molecule has 0 aliphatic heterocycles. The Kier molecular flexibility index (Phi) is 7.34. The van der Waals surface area contributed by atoms with Crippen molar-refractivity contribution in [2.75, 3.05) is 6.79 Å². The van der Waals surface area contributed by atoms with E-state index >= 15 is 0 Å². The number of hydrogen-bond donors (Lipinski definition) is 1. The van der Waals surface area contributed by atoms with E-state index in [-0.39, 0.29) is 12.9 Å². The monoisotopic (exact) mass is 250 g/mol. The van der Waals surface area contributed by atoms with Gasteiger partial charge in [-0.05, 0) is 25.3 Å². The molecule has 3 heteroatoms. The maximum absolute atomic E-state index is 9.74. The van der Waals surface area contributed by atoms with Gasteiger partial charge in [0.1, 0.15) is 6.79 Å². The van der Waals surface area contributed by atoms with Gasteiger partial charge in [0.25, 0.3) is 0 Å². The molecule has 0 aliphatic carbocycles. The van der Waals surface area contributed by atoms with Crippen LogP contribution in [0.25, 0.3) is 0 Å². The largest absolute Gasteiger partial charge is 0.390 e. The van der Waals surface area contributed by atoms with Crippen molar-refractivity contribution in [3.8, 4) is 0 Å². The predicted octanol–water partition coefficient (Wildman–Crippen LogP) is 2.89. The quantitative estimate of drug-likeness (QED) is 0.416. The first kappa shape index (κ1) is 14.9. The van der Waals surface area contributed by atoms with Crippen LogP contribution in [-0.4, -0.2) is 24.1 Å².